The maximum absolute atomic E-state index is 13.8. The van der Waals surface area contributed by atoms with Crippen molar-refractivity contribution in [1.29, 1.82) is 0 Å². The second kappa shape index (κ2) is 12.3. The van der Waals surface area contributed by atoms with Crippen LogP contribution in [-0.4, -0.2) is 65.4 Å². The Morgan fingerprint density at radius 1 is 1.18 bits per heavy atom. The van der Waals surface area contributed by atoms with Gasteiger partial charge in [-0.2, -0.15) is 15.1 Å². The van der Waals surface area contributed by atoms with E-state index in [1.54, 1.807) is 30.6 Å². The highest BCUT2D eigenvalue weighted by molar-refractivity contribution is 9.10. The van der Waals surface area contributed by atoms with Crippen LogP contribution in [0.15, 0.2) is 35.1 Å². The molecule has 210 valence electrons. The number of imidazole rings is 1. The number of nitrogens with two attached hydrogens (primary N) is 1. The third kappa shape index (κ3) is 6.85. The Hall–Kier alpha value is -3.26. The van der Waals surface area contributed by atoms with Gasteiger partial charge in [0.25, 0.3) is 0 Å². The van der Waals surface area contributed by atoms with E-state index in [1.165, 1.54) is 14.2 Å². The molecule has 16 heteroatoms. The van der Waals surface area contributed by atoms with Gasteiger partial charge in [-0.1, -0.05) is 15.9 Å². The standard InChI is InChI=1S/C23H28BrN6O8P/c1-34-18(31)10-17(22(32)36-3)29-39(33,38-16-6-4-14(24)5-7-16)37-11-13-8-15(9-13)30-12-26-19-20(30)27-23(25)28-21(19)35-2/h4-7,12-13,15,17H,8-11H2,1-3H3,(H,29,33)(H2,25,27,28)/t13?,15?,17-,39?/m0/s1. The van der Waals surface area contributed by atoms with Crippen LogP contribution in [0.2, 0.25) is 0 Å². The molecule has 0 saturated heterocycles. The summed E-state index contributed by atoms with van der Waals surface area (Å²) in [6.45, 7) is 0.0521. The van der Waals surface area contributed by atoms with Gasteiger partial charge in [-0.05, 0) is 43.0 Å². The maximum Gasteiger partial charge on any atom is 0.459 e. The Kier molecular flexibility index (Phi) is 9.05. The summed E-state index contributed by atoms with van der Waals surface area (Å²) in [6.07, 6.45) is 2.55. The lowest BCUT2D eigenvalue weighted by Crippen LogP contribution is -2.40. The Labute approximate surface area is 232 Å². The number of benzene rings is 1. The van der Waals surface area contributed by atoms with Crippen LogP contribution in [0.25, 0.3) is 11.2 Å². The number of ether oxygens (including phenoxy) is 3. The first-order valence-electron chi connectivity index (χ1n) is 11.8. The summed E-state index contributed by atoms with van der Waals surface area (Å²) in [6, 6.07) is 5.29. The van der Waals surface area contributed by atoms with Gasteiger partial charge in [0.2, 0.25) is 11.8 Å². The lowest BCUT2D eigenvalue weighted by molar-refractivity contribution is -0.149. The molecule has 0 bridgehead atoms. The van der Waals surface area contributed by atoms with E-state index >= 15 is 0 Å². The Morgan fingerprint density at radius 3 is 2.54 bits per heavy atom. The minimum Gasteiger partial charge on any atom is -0.479 e. The lowest BCUT2D eigenvalue weighted by Gasteiger charge is -2.36. The third-order valence-electron chi connectivity index (χ3n) is 6.12. The molecule has 14 nitrogen and oxygen atoms in total. The van der Waals surface area contributed by atoms with Gasteiger partial charge in [-0.15, -0.1) is 0 Å². The fourth-order valence-electron chi connectivity index (χ4n) is 4.07. The summed E-state index contributed by atoms with van der Waals surface area (Å²) in [4.78, 5) is 36.9. The van der Waals surface area contributed by atoms with E-state index in [9.17, 15) is 14.2 Å². The van der Waals surface area contributed by atoms with Gasteiger partial charge in [0.05, 0.1) is 40.7 Å². The molecule has 2 heterocycles. The van der Waals surface area contributed by atoms with Gasteiger partial charge in [0.15, 0.2) is 11.2 Å². The molecule has 39 heavy (non-hydrogen) atoms. The van der Waals surface area contributed by atoms with Crippen molar-refractivity contribution in [2.45, 2.75) is 31.3 Å². The van der Waals surface area contributed by atoms with Gasteiger partial charge in [-0.3, -0.25) is 14.1 Å². The minimum absolute atomic E-state index is 0.00866. The topological polar surface area (TPSA) is 179 Å². The van der Waals surface area contributed by atoms with Gasteiger partial charge in [-0.25, -0.2) is 9.55 Å². The molecular weight excluding hydrogens is 599 g/mol. The Bertz CT molecular complexity index is 1380. The van der Waals surface area contributed by atoms with Crippen molar-refractivity contribution in [2.75, 3.05) is 33.7 Å². The normalized spacial score (nSPS) is 19.0. The summed E-state index contributed by atoms with van der Waals surface area (Å²) in [5, 5.41) is 2.56. The molecule has 1 aliphatic carbocycles. The van der Waals surface area contributed by atoms with Crippen LogP contribution in [0.3, 0.4) is 0 Å². The van der Waals surface area contributed by atoms with E-state index in [1.807, 2.05) is 4.57 Å². The van der Waals surface area contributed by atoms with Crippen molar-refractivity contribution in [3.05, 3.63) is 35.1 Å². The van der Waals surface area contributed by atoms with Crippen molar-refractivity contribution >= 4 is 52.7 Å². The third-order valence-corrected chi connectivity index (χ3v) is 8.22. The van der Waals surface area contributed by atoms with E-state index in [-0.39, 0.29) is 30.3 Å². The molecule has 3 N–H and O–H groups in total. The zero-order valence-electron chi connectivity index (χ0n) is 21.4. The highest BCUT2D eigenvalue weighted by atomic mass is 79.9. The minimum atomic E-state index is -4.16. The van der Waals surface area contributed by atoms with Gasteiger partial charge < -0.3 is 29.0 Å². The smallest absolute Gasteiger partial charge is 0.459 e. The number of nitrogens with zero attached hydrogens (tertiary/aromatic N) is 4. The largest absolute Gasteiger partial charge is 0.479 e. The number of carbonyl (C=O) groups is 2. The lowest BCUT2D eigenvalue weighted by atomic mass is 9.81. The highest BCUT2D eigenvalue weighted by Crippen LogP contribution is 2.48. The number of halogens is 1. The fraction of sp³-hybridized carbons (Fsp3) is 0.435. The number of hydrogen-bond donors (Lipinski definition) is 2. The summed E-state index contributed by atoms with van der Waals surface area (Å²) in [5.41, 5.74) is 6.87. The molecule has 1 unspecified atom stereocenters. The number of esters is 2. The molecule has 1 aromatic carbocycles. The number of nitrogens with one attached hydrogen (secondary N) is 1. The number of anilines is 1. The first kappa shape index (κ1) is 28.7. The van der Waals surface area contributed by atoms with E-state index in [0.29, 0.717) is 29.9 Å². The average Bonchev–Trinajstić information content (AvgIpc) is 3.30. The summed E-state index contributed by atoms with van der Waals surface area (Å²) in [5.74, 6) is -0.920. The second-order valence-electron chi connectivity index (χ2n) is 8.73. The summed E-state index contributed by atoms with van der Waals surface area (Å²) < 4.78 is 42.6. The zero-order chi connectivity index (χ0) is 28.2. The second-order valence-corrected chi connectivity index (χ2v) is 11.3. The predicted molar refractivity (Wildman–Crippen MR) is 142 cm³/mol. The molecule has 0 spiro atoms. The SMILES string of the molecule is COC(=O)C[C@H](NP(=O)(OCC1CC(n2cnc3c(OC)nc(N)nc32)C1)Oc1ccc(Br)cc1)C(=O)OC. The van der Waals surface area contributed by atoms with Gasteiger partial charge in [0.1, 0.15) is 11.8 Å². The van der Waals surface area contributed by atoms with E-state index in [2.05, 4.69) is 40.7 Å². The molecule has 2 atom stereocenters. The number of aromatic nitrogens is 4. The van der Waals surface area contributed by atoms with Crippen LogP contribution in [-0.2, 0) is 28.2 Å². The molecule has 1 aliphatic rings. The predicted octanol–water partition coefficient (Wildman–Crippen LogP) is 3.03. The molecule has 2 aromatic heterocycles. The van der Waals surface area contributed by atoms with Crippen LogP contribution >= 0.6 is 23.7 Å². The molecule has 1 saturated carbocycles. The van der Waals surface area contributed by atoms with Crippen molar-refractivity contribution in [2.24, 2.45) is 5.92 Å². The molecule has 0 radical (unpaired) electrons. The van der Waals surface area contributed by atoms with Crippen LogP contribution < -0.4 is 20.1 Å². The molecule has 3 aromatic rings. The molecule has 0 aliphatic heterocycles. The van der Waals surface area contributed by atoms with Crippen molar-refractivity contribution in [3.8, 4) is 11.6 Å². The highest BCUT2D eigenvalue weighted by Gasteiger charge is 2.39. The number of hydrogen-bond acceptors (Lipinski definition) is 12. The summed E-state index contributed by atoms with van der Waals surface area (Å²) in [7, 11) is -0.351. The van der Waals surface area contributed by atoms with Crippen LogP contribution in [0.4, 0.5) is 5.95 Å². The number of methoxy groups -OCH3 is 3. The number of fused-ring (bicyclic) bond motifs is 1. The van der Waals surface area contributed by atoms with E-state index < -0.39 is 32.1 Å². The quantitative estimate of drug-likeness (QED) is 0.221. The molecular formula is C23H28BrN6O8P. The van der Waals surface area contributed by atoms with Gasteiger partial charge in [0, 0.05) is 10.5 Å². The fourth-order valence-corrected chi connectivity index (χ4v) is 5.90. The Morgan fingerprint density at radius 2 is 1.90 bits per heavy atom. The average molecular weight is 627 g/mol. The van der Waals surface area contributed by atoms with Crippen molar-refractivity contribution in [1.82, 2.24) is 24.6 Å². The number of rotatable bonds is 12. The van der Waals surface area contributed by atoms with E-state index in [0.717, 1.165) is 11.6 Å². The molecule has 0 amide bonds. The van der Waals surface area contributed by atoms with Crippen LogP contribution in [0.1, 0.15) is 25.3 Å². The molecule has 4 rings (SSSR count). The summed E-state index contributed by atoms with van der Waals surface area (Å²) >= 11 is 3.33. The number of carbonyl (C=O) groups excluding carboxylic acids is 2. The van der Waals surface area contributed by atoms with Crippen molar-refractivity contribution < 1.29 is 37.4 Å². The Balaban J connectivity index is 1.46. The van der Waals surface area contributed by atoms with E-state index in [4.69, 9.17) is 24.3 Å². The van der Waals surface area contributed by atoms with Gasteiger partial charge >= 0.3 is 19.7 Å². The first-order chi connectivity index (χ1) is 18.6. The zero-order valence-corrected chi connectivity index (χ0v) is 23.9. The first-order valence-corrected chi connectivity index (χ1v) is 14.1. The van der Waals surface area contributed by atoms with Crippen LogP contribution in [0, 0.1) is 5.92 Å². The molecule has 1 fully saturated rings. The van der Waals surface area contributed by atoms with Crippen LogP contribution in [0.5, 0.6) is 11.6 Å². The monoisotopic (exact) mass is 626 g/mol. The maximum atomic E-state index is 13.8. The van der Waals surface area contributed by atoms with Crippen molar-refractivity contribution in [3.63, 3.8) is 0 Å². The number of nitrogen functional groups attached to an aromatic ring is 1.